The van der Waals surface area contributed by atoms with E-state index in [0.717, 1.165) is 6.54 Å². The quantitative estimate of drug-likeness (QED) is 0.585. The molecule has 48 valence electrons. The van der Waals surface area contributed by atoms with Gasteiger partial charge in [0.25, 0.3) is 0 Å². The lowest BCUT2D eigenvalue weighted by Gasteiger charge is -1.92. The van der Waals surface area contributed by atoms with Crippen molar-refractivity contribution in [2.24, 2.45) is 0 Å². The molecule has 0 atom stereocenters. The third-order valence-electron chi connectivity index (χ3n) is 1.16. The van der Waals surface area contributed by atoms with Gasteiger partial charge in [-0.25, -0.2) is 0 Å². The number of hydrogen-bond donors (Lipinski definition) is 1. The first kappa shape index (κ1) is 6.14. The van der Waals surface area contributed by atoms with Crippen LogP contribution in [0.1, 0.15) is 6.92 Å². The maximum absolute atomic E-state index is 3.13. The maximum atomic E-state index is 3.13. The van der Waals surface area contributed by atoms with Crippen LogP contribution in [-0.2, 0) is 0 Å². The van der Waals surface area contributed by atoms with Crippen molar-refractivity contribution in [2.45, 2.75) is 6.92 Å². The van der Waals surface area contributed by atoms with Crippen molar-refractivity contribution in [3.8, 4) is 0 Å². The smallest absolute Gasteiger partial charge is 0.0113 e. The zero-order valence-corrected chi connectivity index (χ0v) is 5.59. The third kappa shape index (κ3) is 1.76. The fourth-order valence-electron chi connectivity index (χ4n) is 0.705. The molecule has 0 aliphatic heterocycles. The Morgan fingerprint density at radius 2 is 2.11 bits per heavy atom. The van der Waals surface area contributed by atoms with Crippen LogP contribution in [0.25, 0.3) is 0 Å². The van der Waals surface area contributed by atoms with E-state index in [2.05, 4.69) is 24.4 Å². The number of allylic oxidation sites excluding steroid dienone is 5. The molecule has 0 radical (unpaired) electrons. The molecule has 0 fully saturated rings. The molecular formula is C8H11N. The molecule has 1 N–H and O–H groups in total. The first-order chi connectivity index (χ1) is 4.43. The standard InChI is InChI=1S/C8H11N/c1-2-9-7-8-5-3-4-6-8/h3-7,9H,2H2,1H3. The molecule has 0 saturated carbocycles. The lowest BCUT2D eigenvalue weighted by molar-refractivity contribution is 0.915. The summed E-state index contributed by atoms with van der Waals surface area (Å²) in [6.45, 7) is 3.07. The molecular weight excluding hydrogens is 110 g/mol. The molecule has 0 aromatic heterocycles. The molecule has 0 spiro atoms. The van der Waals surface area contributed by atoms with Gasteiger partial charge in [0.05, 0.1) is 0 Å². The Labute approximate surface area is 55.8 Å². The molecule has 0 saturated heterocycles. The van der Waals surface area contributed by atoms with Crippen LogP contribution in [0, 0.1) is 0 Å². The lowest BCUT2D eigenvalue weighted by Crippen LogP contribution is -2.02. The van der Waals surface area contributed by atoms with Gasteiger partial charge in [0, 0.05) is 12.7 Å². The molecule has 0 bridgehead atoms. The zero-order valence-electron chi connectivity index (χ0n) is 5.59. The fraction of sp³-hybridized carbons (Fsp3) is 0.250. The second-order valence-electron chi connectivity index (χ2n) is 1.92. The van der Waals surface area contributed by atoms with Crippen LogP contribution in [0.3, 0.4) is 0 Å². The normalized spacial score (nSPS) is 14.6. The number of hydrogen-bond acceptors (Lipinski definition) is 1. The summed E-state index contributed by atoms with van der Waals surface area (Å²) in [5.41, 5.74) is 1.25. The van der Waals surface area contributed by atoms with Crippen LogP contribution >= 0.6 is 0 Å². The van der Waals surface area contributed by atoms with Crippen molar-refractivity contribution in [1.29, 1.82) is 0 Å². The van der Waals surface area contributed by atoms with E-state index in [9.17, 15) is 0 Å². The van der Waals surface area contributed by atoms with Crippen molar-refractivity contribution in [1.82, 2.24) is 5.32 Å². The molecule has 1 rings (SSSR count). The third-order valence-corrected chi connectivity index (χ3v) is 1.16. The van der Waals surface area contributed by atoms with E-state index in [4.69, 9.17) is 0 Å². The van der Waals surface area contributed by atoms with Crippen LogP contribution in [0.15, 0.2) is 36.1 Å². The van der Waals surface area contributed by atoms with E-state index >= 15 is 0 Å². The first-order valence-corrected chi connectivity index (χ1v) is 3.22. The van der Waals surface area contributed by atoms with E-state index in [1.165, 1.54) is 5.57 Å². The molecule has 0 heterocycles. The van der Waals surface area contributed by atoms with E-state index in [-0.39, 0.29) is 0 Å². The molecule has 0 aromatic carbocycles. The monoisotopic (exact) mass is 121 g/mol. The molecule has 1 heteroatoms. The summed E-state index contributed by atoms with van der Waals surface area (Å²) in [6, 6.07) is 0. The van der Waals surface area contributed by atoms with E-state index in [1.807, 2.05) is 18.4 Å². The van der Waals surface area contributed by atoms with Gasteiger partial charge < -0.3 is 5.32 Å². The van der Waals surface area contributed by atoms with Crippen molar-refractivity contribution >= 4 is 0 Å². The summed E-state index contributed by atoms with van der Waals surface area (Å²) in [7, 11) is 0. The fourth-order valence-corrected chi connectivity index (χ4v) is 0.705. The Morgan fingerprint density at radius 1 is 1.44 bits per heavy atom. The highest BCUT2D eigenvalue weighted by Gasteiger charge is 1.87. The van der Waals surface area contributed by atoms with Crippen molar-refractivity contribution < 1.29 is 0 Å². The Bertz CT molecular complexity index is 149. The summed E-state index contributed by atoms with van der Waals surface area (Å²) in [6.07, 6.45) is 10.2. The molecule has 1 nitrogen and oxygen atoms in total. The average Bonchev–Trinajstić information content (AvgIpc) is 2.34. The average molecular weight is 121 g/mol. The molecule has 1 aliphatic rings. The van der Waals surface area contributed by atoms with Gasteiger partial charge in [0.15, 0.2) is 0 Å². The summed E-state index contributed by atoms with van der Waals surface area (Å²) < 4.78 is 0. The highest BCUT2D eigenvalue weighted by molar-refractivity contribution is 5.39. The van der Waals surface area contributed by atoms with Gasteiger partial charge >= 0.3 is 0 Å². The van der Waals surface area contributed by atoms with Crippen molar-refractivity contribution in [3.05, 3.63) is 36.1 Å². The van der Waals surface area contributed by atoms with Crippen molar-refractivity contribution in [2.75, 3.05) is 6.54 Å². The highest BCUT2D eigenvalue weighted by Crippen LogP contribution is 2.04. The zero-order chi connectivity index (χ0) is 6.53. The predicted octanol–water partition coefficient (Wildman–Crippen LogP) is 1.61. The Morgan fingerprint density at radius 3 is 2.67 bits per heavy atom. The predicted molar refractivity (Wildman–Crippen MR) is 40.0 cm³/mol. The molecule has 0 aromatic rings. The van der Waals surface area contributed by atoms with Gasteiger partial charge in [-0.15, -0.1) is 0 Å². The Kier molecular flexibility index (Phi) is 2.13. The van der Waals surface area contributed by atoms with Gasteiger partial charge in [-0.05, 0) is 12.5 Å². The summed E-state index contributed by atoms with van der Waals surface area (Å²) in [5, 5.41) is 3.13. The topological polar surface area (TPSA) is 12.0 Å². The second kappa shape index (κ2) is 3.13. The first-order valence-electron chi connectivity index (χ1n) is 3.22. The summed E-state index contributed by atoms with van der Waals surface area (Å²) in [4.78, 5) is 0. The summed E-state index contributed by atoms with van der Waals surface area (Å²) >= 11 is 0. The van der Waals surface area contributed by atoms with Gasteiger partial charge in [-0.3, -0.25) is 0 Å². The highest BCUT2D eigenvalue weighted by atomic mass is 14.8. The van der Waals surface area contributed by atoms with Crippen LogP contribution in [0.5, 0.6) is 0 Å². The Hall–Kier alpha value is -0.980. The molecule has 0 unspecified atom stereocenters. The summed E-state index contributed by atoms with van der Waals surface area (Å²) in [5.74, 6) is 0. The lowest BCUT2D eigenvalue weighted by atomic mass is 10.3. The molecule has 9 heavy (non-hydrogen) atoms. The minimum atomic E-state index is 0.991. The number of nitrogens with one attached hydrogen (secondary N) is 1. The number of rotatable bonds is 2. The minimum Gasteiger partial charge on any atom is -0.391 e. The van der Waals surface area contributed by atoms with Gasteiger partial charge in [0.1, 0.15) is 0 Å². The van der Waals surface area contributed by atoms with Crippen LogP contribution in [0.2, 0.25) is 0 Å². The molecule has 0 amide bonds. The van der Waals surface area contributed by atoms with Crippen LogP contribution in [-0.4, -0.2) is 6.54 Å². The largest absolute Gasteiger partial charge is 0.391 e. The minimum absolute atomic E-state index is 0.991. The maximum Gasteiger partial charge on any atom is 0.0113 e. The molecule has 1 aliphatic carbocycles. The SMILES string of the molecule is CCNC=C1C=CC=C1. The second-order valence-corrected chi connectivity index (χ2v) is 1.92. The van der Waals surface area contributed by atoms with Gasteiger partial charge in [-0.1, -0.05) is 24.3 Å². The Balaban J connectivity index is 2.42. The van der Waals surface area contributed by atoms with Gasteiger partial charge in [-0.2, -0.15) is 0 Å². The van der Waals surface area contributed by atoms with E-state index in [1.54, 1.807) is 0 Å². The van der Waals surface area contributed by atoms with E-state index in [0.29, 0.717) is 0 Å². The van der Waals surface area contributed by atoms with Gasteiger partial charge in [0.2, 0.25) is 0 Å². The van der Waals surface area contributed by atoms with Crippen LogP contribution in [0.4, 0.5) is 0 Å². The van der Waals surface area contributed by atoms with E-state index < -0.39 is 0 Å². The van der Waals surface area contributed by atoms with Crippen LogP contribution < -0.4 is 5.32 Å². The van der Waals surface area contributed by atoms with Crippen molar-refractivity contribution in [3.63, 3.8) is 0 Å².